The quantitative estimate of drug-likeness (QED) is 0.792. The Balaban J connectivity index is 1.65. The summed E-state index contributed by atoms with van der Waals surface area (Å²) in [6.07, 6.45) is 4.01. The number of H-pyrrole nitrogens is 1. The van der Waals surface area contributed by atoms with Gasteiger partial charge in [-0.2, -0.15) is 4.31 Å². The van der Waals surface area contributed by atoms with E-state index < -0.39 is 10.0 Å². The highest BCUT2D eigenvalue weighted by Crippen LogP contribution is 2.22. The molecule has 0 atom stereocenters. The number of sulfonamides is 1. The molecule has 20 heavy (non-hydrogen) atoms. The molecule has 110 valence electrons. The molecule has 2 fully saturated rings. The fourth-order valence-electron chi connectivity index (χ4n) is 2.75. The minimum absolute atomic E-state index is 0.0418. The SMILES string of the molecule is O=C1NCCN1C1CCN(S(=O)(=O)c2cnc[nH]2)CC1. The van der Waals surface area contributed by atoms with Crippen molar-refractivity contribution >= 4 is 16.1 Å². The lowest BCUT2D eigenvalue weighted by Gasteiger charge is -2.35. The average molecular weight is 299 g/mol. The van der Waals surface area contributed by atoms with Crippen molar-refractivity contribution in [3.05, 3.63) is 12.5 Å². The number of piperidine rings is 1. The Morgan fingerprint density at radius 1 is 1.25 bits per heavy atom. The highest BCUT2D eigenvalue weighted by Gasteiger charge is 2.35. The molecular weight excluding hydrogens is 282 g/mol. The molecule has 2 saturated heterocycles. The van der Waals surface area contributed by atoms with E-state index in [4.69, 9.17) is 0 Å². The van der Waals surface area contributed by atoms with Crippen LogP contribution >= 0.6 is 0 Å². The van der Waals surface area contributed by atoms with Crippen LogP contribution in [0.4, 0.5) is 4.79 Å². The molecule has 0 saturated carbocycles. The third-order valence-electron chi connectivity index (χ3n) is 3.84. The van der Waals surface area contributed by atoms with E-state index in [0.29, 0.717) is 39.0 Å². The molecule has 1 aromatic rings. The topological polar surface area (TPSA) is 98.4 Å². The minimum atomic E-state index is -3.48. The molecule has 0 spiro atoms. The average Bonchev–Trinajstić information content (AvgIpc) is 3.10. The summed E-state index contributed by atoms with van der Waals surface area (Å²) in [6.45, 7) is 2.23. The number of carbonyl (C=O) groups excluding carboxylic acids is 1. The van der Waals surface area contributed by atoms with E-state index in [1.54, 1.807) is 4.90 Å². The number of aromatic amines is 1. The van der Waals surface area contributed by atoms with E-state index in [9.17, 15) is 13.2 Å². The smallest absolute Gasteiger partial charge is 0.317 e. The van der Waals surface area contributed by atoms with Gasteiger partial charge in [0.25, 0.3) is 10.0 Å². The van der Waals surface area contributed by atoms with Crippen molar-refractivity contribution in [2.75, 3.05) is 26.2 Å². The summed E-state index contributed by atoms with van der Waals surface area (Å²) in [5.41, 5.74) is 0. The van der Waals surface area contributed by atoms with Crippen LogP contribution in [0.3, 0.4) is 0 Å². The molecule has 0 bridgehead atoms. The predicted molar refractivity (Wildman–Crippen MR) is 70.5 cm³/mol. The van der Waals surface area contributed by atoms with Gasteiger partial charge in [0, 0.05) is 32.2 Å². The first-order valence-corrected chi connectivity index (χ1v) is 8.06. The van der Waals surface area contributed by atoms with Gasteiger partial charge in [0.15, 0.2) is 5.03 Å². The first kappa shape index (κ1) is 13.4. The molecule has 3 rings (SSSR count). The number of aromatic nitrogens is 2. The number of hydrogen-bond acceptors (Lipinski definition) is 4. The molecule has 2 N–H and O–H groups in total. The Bertz CT molecular complexity index is 577. The Hall–Kier alpha value is -1.61. The number of carbonyl (C=O) groups is 1. The summed E-state index contributed by atoms with van der Waals surface area (Å²) in [4.78, 5) is 19.8. The first-order valence-electron chi connectivity index (χ1n) is 6.62. The predicted octanol–water partition coefficient (Wildman–Crippen LogP) is -0.412. The summed E-state index contributed by atoms with van der Waals surface area (Å²) in [6, 6.07) is 0.0885. The van der Waals surface area contributed by atoms with Crippen molar-refractivity contribution in [2.24, 2.45) is 0 Å². The minimum Gasteiger partial charge on any atom is -0.336 e. The molecule has 0 radical (unpaired) electrons. The lowest BCUT2D eigenvalue weighted by atomic mass is 10.1. The molecule has 1 aromatic heterocycles. The fourth-order valence-corrected chi connectivity index (χ4v) is 4.12. The third kappa shape index (κ3) is 2.27. The second kappa shape index (κ2) is 5.06. The van der Waals surface area contributed by atoms with Crippen LogP contribution in [0.1, 0.15) is 12.8 Å². The van der Waals surface area contributed by atoms with Crippen molar-refractivity contribution in [3.63, 3.8) is 0 Å². The van der Waals surface area contributed by atoms with E-state index in [0.717, 1.165) is 0 Å². The van der Waals surface area contributed by atoms with Crippen LogP contribution in [-0.2, 0) is 10.0 Å². The van der Waals surface area contributed by atoms with Gasteiger partial charge in [0.05, 0.1) is 12.5 Å². The second-order valence-electron chi connectivity index (χ2n) is 4.98. The van der Waals surface area contributed by atoms with Gasteiger partial charge in [0.1, 0.15) is 0 Å². The summed E-state index contributed by atoms with van der Waals surface area (Å²) in [5, 5.41) is 2.89. The summed E-state index contributed by atoms with van der Waals surface area (Å²) in [7, 11) is -3.48. The number of nitrogens with one attached hydrogen (secondary N) is 2. The van der Waals surface area contributed by atoms with E-state index in [2.05, 4.69) is 15.3 Å². The highest BCUT2D eigenvalue weighted by molar-refractivity contribution is 7.89. The number of hydrogen-bond donors (Lipinski definition) is 2. The van der Waals surface area contributed by atoms with Gasteiger partial charge >= 0.3 is 6.03 Å². The zero-order valence-electron chi connectivity index (χ0n) is 10.9. The van der Waals surface area contributed by atoms with Crippen LogP contribution in [0.25, 0.3) is 0 Å². The second-order valence-corrected chi connectivity index (χ2v) is 6.88. The molecule has 0 aromatic carbocycles. The molecule has 2 aliphatic heterocycles. The van der Waals surface area contributed by atoms with Crippen molar-refractivity contribution in [3.8, 4) is 0 Å². The number of amides is 2. The molecular formula is C11H17N5O3S. The maximum atomic E-state index is 12.3. The van der Waals surface area contributed by atoms with Gasteiger partial charge in [-0.3, -0.25) is 0 Å². The molecule has 8 nitrogen and oxygen atoms in total. The fraction of sp³-hybridized carbons (Fsp3) is 0.636. The number of imidazole rings is 1. The van der Waals surface area contributed by atoms with Gasteiger partial charge in [-0.15, -0.1) is 0 Å². The van der Waals surface area contributed by atoms with Gasteiger partial charge in [-0.1, -0.05) is 0 Å². The van der Waals surface area contributed by atoms with E-state index in [1.807, 2.05) is 0 Å². The summed E-state index contributed by atoms with van der Waals surface area (Å²) in [5.74, 6) is 0. The maximum Gasteiger partial charge on any atom is 0.317 e. The molecule has 2 amide bonds. The maximum absolute atomic E-state index is 12.3. The van der Waals surface area contributed by atoms with E-state index in [-0.39, 0.29) is 17.1 Å². The Kier molecular flexibility index (Phi) is 3.38. The summed E-state index contributed by atoms with van der Waals surface area (Å²) < 4.78 is 26.1. The normalized spacial score (nSPS) is 22.2. The molecule has 3 heterocycles. The number of urea groups is 1. The van der Waals surface area contributed by atoms with Crippen LogP contribution in [0, 0.1) is 0 Å². The van der Waals surface area contributed by atoms with Crippen molar-refractivity contribution in [2.45, 2.75) is 23.9 Å². The van der Waals surface area contributed by atoms with Gasteiger partial charge < -0.3 is 15.2 Å². The van der Waals surface area contributed by atoms with Gasteiger partial charge in [-0.05, 0) is 12.8 Å². The number of nitrogens with zero attached hydrogens (tertiary/aromatic N) is 3. The van der Waals surface area contributed by atoms with Crippen LogP contribution in [0.2, 0.25) is 0 Å². The lowest BCUT2D eigenvalue weighted by molar-refractivity contribution is 0.167. The standard InChI is InChI=1S/C11H17N5O3S/c17-11-13-3-6-16(11)9-1-4-15(5-2-9)20(18,19)10-7-12-8-14-10/h7-9H,1-6H2,(H,12,14)(H,13,17). The van der Waals surface area contributed by atoms with Gasteiger partial charge in [0.2, 0.25) is 0 Å². The molecule has 0 aliphatic carbocycles. The van der Waals surface area contributed by atoms with Crippen molar-refractivity contribution in [1.29, 1.82) is 0 Å². The zero-order chi connectivity index (χ0) is 14.2. The van der Waals surface area contributed by atoms with Crippen molar-refractivity contribution in [1.82, 2.24) is 24.5 Å². The van der Waals surface area contributed by atoms with Crippen LogP contribution < -0.4 is 5.32 Å². The Morgan fingerprint density at radius 3 is 2.55 bits per heavy atom. The third-order valence-corrected chi connectivity index (χ3v) is 5.67. The van der Waals surface area contributed by atoms with Crippen molar-refractivity contribution < 1.29 is 13.2 Å². The van der Waals surface area contributed by atoms with Crippen LogP contribution in [0.5, 0.6) is 0 Å². The van der Waals surface area contributed by atoms with E-state index in [1.165, 1.54) is 16.8 Å². The van der Waals surface area contributed by atoms with Crippen LogP contribution in [0.15, 0.2) is 17.6 Å². The monoisotopic (exact) mass is 299 g/mol. The first-order chi connectivity index (χ1) is 9.59. The lowest BCUT2D eigenvalue weighted by Crippen LogP contribution is -2.47. The molecule has 9 heteroatoms. The highest BCUT2D eigenvalue weighted by atomic mass is 32.2. The molecule has 0 unspecified atom stereocenters. The van der Waals surface area contributed by atoms with Gasteiger partial charge in [-0.25, -0.2) is 18.2 Å². The molecule has 2 aliphatic rings. The summed E-state index contributed by atoms with van der Waals surface area (Å²) >= 11 is 0. The Morgan fingerprint density at radius 2 is 2.00 bits per heavy atom. The Labute approximate surface area is 117 Å². The number of rotatable bonds is 3. The van der Waals surface area contributed by atoms with Crippen LogP contribution in [-0.4, -0.2) is 65.8 Å². The van der Waals surface area contributed by atoms with E-state index >= 15 is 0 Å². The largest absolute Gasteiger partial charge is 0.336 e. The zero-order valence-corrected chi connectivity index (χ0v) is 11.8.